The molecule has 1 N–H and O–H groups in total. The first kappa shape index (κ1) is 16.0. The Morgan fingerprint density at radius 1 is 1.04 bits per heavy atom. The molecule has 0 spiro atoms. The van der Waals surface area contributed by atoms with Crippen LogP contribution in [0.1, 0.15) is 26.0 Å². The fourth-order valence-corrected chi connectivity index (χ4v) is 3.45. The second kappa shape index (κ2) is 6.32. The van der Waals surface area contributed by atoms with Gasteiger partial charge in [0, 0.05) is 29.3 Å². The molecule has 23 heavy (non-hydrogen) atoms. The van der Waals surface area contributed by atoms with Gasteiger partial charge in [-0.05, 0) is 19.9 Å². The first-order valence-electron chi connectivity index (χ1n) is 8.81. The predicted molar refractivity (Wildman–Crippen MR) is 97.5 cm³/mol. The summed E-state index contributed by atoms with van der Waals surface area (Å²) in [7, 11) is 2.36. The summed E-state index contributed by atoms with van der Waals surface area (Å²) in [5.41, 5.74) is 3.84. The van der Waals surface area contributed by atoms with E-state index in [1.807, 2.05) is 0 Å². The highest BCUT2D eigenvalue weighted by Gasteiger charge is 2.19. The van der Waals surface area contributed by atoms with Gasteiger partial charge in [-0.25, -0.2) is 4.57 Å². The smallest absolute Gasteiger partial charge is 0.202 e. The van der Waals surface area contributed by atoms with Gasteiger partial charge in [0.2, 0.25) is 5.69 Å². The van der Waals surface area contributed by atoms with E-state index in [1.165, 1.54) is 53.6 Å². The van der Waals surface area contributed by atoms with Crippen molar-refractivity contribution in [3.8, 4) is 0 Å². The van der Waals surface area contributed by atoms with Gasteiger partial charge in [-0.1, -0.05) is 18.2 Å². The van der Waals surface area contributed by atoms with Gasteiger partial charge in [-0.2, -0.15) is 0 Å². The Kier molecular flexibility index (Phi) is 4.40. The molecule has 0 radical (unpaired) electrons. The van der Waals surface area contributed by atoms with Crippen LogP contribution < -0.4 is 4.57 Å². The summed E-state index contributed by atoms with van der Waals surface area (Å²) in [6, 6.07) is 10.8. The van der Waals surface area contributed by atoms with E-state index in [1.54, 1.807) is 0 Å². The molecule has 0 amide bonds. The van der Waals surface area contributed by atoms with Crippen LogP contribution in [-0.4, -0.2) is 36.1 Å². The van der Waals surface area contributed by atoms with E-state index in [9.17, 15) is 0 Å². The third-order valence-corrected chi connectivity index (χ3v) is 5.58. The Bertz CT molecular complexity index is 812. The normalized spacial score (nSPS) is 12.3. The predicted octanol–water partition coefficient (Wildman–Crippen LogP) is 3.79. The zero-order valence-electron chi connectivity index (χ0n) is 14.9. The van der Waals surface area contributed by atoms with Crippen molar-refractivity contribution >= 4 is 21.8 Å². The van der Waals surface area contributed by atoms with Crippen molar-refractivity contribution in [1.29, 1.82) is 0 Å². The number of pyridine rings is 1. The first-order chi connectivity index (χ1) is 11.1. The van der Waals surface area contributed by atoms with Crippen LogP contribution in [0.2, 0.25) is 0 Å². The molecule has 0 aliphatic heterocycles. The number of H-pyrrole nitrogens is 1. The molecule has 3 nitrogen and oxygen atoms in total. The lowest BCUT2D eigenvalue weighted by Gasteiger charge is -2.31. The van der Waals surface area contributed by atoms with Crippen molar-refractivity contribution in [3.05, 3.63) is 42.2 Å². The first-order valence-corrected chi connectivity index (χ1v) is 8.81. The van der Waals surface area contributed by atoms with E-state index >= 15 is 0 Å². The molecule has 0 atom stereocenters. The molecule has 1 aromatic carbocycles. The Morgan fingerprint density at radius 3 is 2.52 bits per heavy atom. The number of nitrogens with zero attached hydrogens (tertiary/aromatic N) is 2. The van der Waals surface area contributed by atoms with Crippen molar-refractivity contribution in [3.63, 3.8) is 0 Å². The molecule has 0 saturated carbocycles. The van der Waals surface area contributed by atoms with E-state index in [-0.39, 0.29) is 0 Å². The standard InChI is InChI=1S/C20H28N3/c1-5-23(4,6-2)15-9-13-22-14-12-18-17-10-7-8-11-19(17)21-20(18)16(22)3/h7-8,10-12,14H,5-6,9,13,15H2,1-4H3/q+1/p+1. The quantitative estimate of drug-likeness (QED) is 0.528. The van der Waals surface area contributed by atoms with E-state index in [0.717, 1.165) is 11.0 Å². The molecule has 0 aliphatic rings. The van der Waals surface area contributed by atoms with Gasteiger partial charge in [0.1, 0.15) is 5.52 Å². The van der Waals surface area contributed by atoms with E-state index < -0.39 is 0 Å². The minimum absolute atomic E-state index is 1.09. The van der Waals surface area contributed by atoms with Crippen LogP contribution in [0.3, 0.4) is 0 Å². The van der Waals surface area contributed by atoms with Crippen LogP contribution in [0, 0.1) is 6.92 Å². The molecule has 0 saturated heterocycles. The van der Waals surface area contributed by atoms with Crippen molar-refractivity contribution in [2.45, 2.75) is 33.7 Å². The van der Waals surface area contributed by atoms with Crippen LogP contribution in [0.15, 0.2) is 36.5 Å². The monoisotopic (exact) mass is 311 g/mol. The average molecular weight is 311 g/mol. The van der Waals surface area contributed by atoms with Crippen LogP contribution in [-0.2, 0) is 6.54 Å². The Labute approximate surface area is 139 Å². The molecule has 0 unspecified atom stereocenters. The number of quaternary nitrogens is 1. The Morgan fingerprint density at radius 2 is 1.78 bits per heavy atom. The summed E-state index contributed by atoms with van der Waals surface area (Å²) in [4.78, 5) is 3.59. The summed E-state index contributed by atoms with van der Waals surface area (Å²) in [6.07, 6.45) is 3.47. The summed E-state index contributed by atoms with van der Waals surface area (Å²) in [6.45, 7) is 11.6. The summed E-state index contributed by atoms with van der Waals surface area (Å²) < 4.78 is 3.56. The highest BCUT2D eigenvalue weighted by Crippen LogP contribution is 2.25. The molecule has 0 fully saturated rings. The number of hydrogen-bond donors (Lipinski definition) is 1. The maximum Gasteiger partial charge on any atom is 0.202 e. The lowest BCUT2D eigenvalue weighted by atomic mass is 10.1. The fourth-order valence-electron chi connectivity index (χ4n) is 3.45. The number of benzene rings is 1. The van der Waals surface area contributed by atoms with Crippen LogP contribution >= 0.6 is 0 Å². The number of nitrogens with one attached hydrogen (secondary N) is 1. The van der Waals surface area contributed by atoms with Crippen LogP contribution in [0.5, 0.6) is 0 Å². The molecule has 122 valence electrons. The molecular weight excluding hydrogens is 282 g/mol. The molecule has 3 rings (SSSR count). The Hall–Kier alpha value is -1.87. The lowest BCUT2D eigenvalue weighted by molar-refractivity contribution is -0.908. The van der Waals surface area contributed by atoms with Crippen LogP contribution in [0.4, 0.5) is 0 Å². The van der Waals surface area contributed by atoms with Gasteiger partial charge in [0.05, 0.1) is 33.1 Å². The number of para-hydroxylation sites is 1. The van der Waals surface area contributed by atoms with Gasteiger partial charge in [0.15, 0.2) is 12.7 Å². The van der Waals surface area contributed by atoms with E-state index in [2.05, 4.69) is 73.9 Å². The molecular formula is C20H29N3+2. The van der Waals surface area contributed by atoms with E-state index in [4.69, 9.17) is 0 Å². The second-order valence-electron chi connectivity index (χ2n) is 6.88. The van der Waals surface area contributed by atoms with Gasteiger partial charge < -0.3 is 9.47 Å². The van der Waals surface area contributed by atoms with Crippen molar-refractivity contribution < 1.29 is 9.05 Å². The van der Waals surface area contributed by atoms with Gasteiger partial charge in [0.25, 0.3) is 0 Å². The molecule has 2 heterocycles. The zero-order chi connectivity index (χ0) is 16.4. The topological polar surface area (TPSA) is 19.7 Å². The SMILES string of the molecule is CC[N+](C)(CC)CCC[n+]1ccc2c([nH]c3ccccc32)c1C. The molecule has 3 aromatic rings. The zero-order valence-corrected chi connectivity index (χ0v) is 14.9. The maximum absolute atomic E-state index is 3.59. The number of aryl methyl sites for hydroxylation is 2. The fraction of sp³-hybridized carbons (Fsp3) is 0.450. The molecule has 0 aliphatic carbocycles. The third-order valence-electron chi connectivity index (χ3n) is 5.58. The van der Waals surface area contributed by atoms with Gasteiger partial charge >= 0.3 is 0 Å². The minimum Gasteiger partial charge on any atom is -0.349 e. The number of hydrogen-bond acceptors (Lipinski definition) is 0. The average Bonchev–Trinajstić information content (AvgIpc) is 2.96. The second-order valence-corrected chi connectivity index (χ2v) is 6.88. The third kappa shape index (κ3) is 2.98. The van der Waals surface area contributed by atoms with Crippen LogP contribution in [0.25, 0.3) is 21.8 Å². The van der Waals surface area contributed by atoms with E-state index in [0.29, 0.717) is 0 Å². The summed E-state index contributed by atoms with van der Waals surface area (Å²) in [5.74, 6) is 0. The largest absolute Gasteiger partial charge is 0.349 e. The minimum atomic E-state index is 1.09. The summed E-state index contributed by atoms with van der Waals surface area (Å²) >= 11 is 0. The van der Waals surface area contributed by atoms with Crippen molar-refractivity contribution in [1.82, 2.24) is 4.98 Å². The lowest BCUT2D eigenvalue weighted by Crippen LogP contribution is -2.46. The van der Waals surface area contributed by atoms with Gasteiger partial charge in [-0.3, -0.25) is 0 Å². The maximum atomic E-state index is 3.59. The molecule has 3 heteroatoms. The number of aromatic nitrogens is 2. The molecule has 2 aromatic heterocycles. The number of rotatable bonds is 6. The number of aromatic amines is 1. The van der Waals surface area contributed by atoms with Gasteiger partial charge in [-0.15, -0.1) is 0 Å². The highest BCUT2D eigenvalue weighted by atomic mass is 15.3. The Balaban J connectivity index is 1.85. The number of fused-ring (bicyclic) bond motifs is 3. The van der Waals surface area contributed by atoms with Crippen molar-refractivity contribution in [2.24, 2.45) is 0 Å². The highest BCUT2D eigenvalue weighted by molar-refractivity contribution is 6.07. The molecule has 0 bridgehead atoms. The summed E-state index contributed by atoms with van der Waals surface area (Å²) in [5, 5.41) is 2.65. The van der Waals surface area contributed by atoms with Crippen molar-refractivity contribution in [2.75, 3.05) is 26.7 Å².